The number of halogens is 1. The number of benzene rings is 1. The zero-order valence-electron chi connectivity index (χ0n) is 13.5. The van der Waals surface area contributed by atoms with Crippen molar-refractivity contribution >= 4 is 23.4 Å². The van der Waals surface area contributed by atoms with Gasteiger partial charge in [-0.25, -0.2) is 0 Å². The number of ether oxygens (including phenoxy) is 1. The number of methoxy groups -OCH3 is 1. The standard InChI is InChI=1S/C17H23ClN2O3/c1-12(17(23-2)13-5-7-14(18)8-6-13)19-15(21)9-11-20-10-3-4-16(20)22/h5-8,12,17H,3-4,9-11H2,1-2H3,(H,19,21)/t12-,17-/m0/s1. The average molecular weight is 339 g/mol. The Morgan fingerprint density at radius 3 is 2.65 bits per heavy atom. The molecule has 1 heterocycles. The molecule has 1 aliphatic rings. The number of nitrogens with one attached hydrogen (secondary N) is 1. The van der Waals surface area contributed by atoms with Gasteiger partial charge in [0.2, 0.25) is 11.8 Å². The third kappa shape index (κ3) is 4.94. The summed E-state index contributed by atoms with van der Waals surface area (Å²) < 4.78 is 5.51. The Morgan fingerprint density at radius 2 is 2.09 bits per heavy atom. The highest BCUT2D eigenvalue weighted by Crippen LogP contribution is 2.22. The Hall–Kier alpha value is -1.59. The number of amides is 2. The zero-order valence-corrected chi connectivity index (χ0v) is 14.3. The minimum atomic E-state index is -0.246. The smallest absolute Gasteiger partial charge is 0.222 e. The van der Waals surface area contributed by atoms with Gasteiger partial charge < -0.3 is 15.0 Å². The van der Waals surface area contributed by atoms with Crippen molar-refractivity contribution in [3.63, 3.8) is 0 Å². The molecule has 2 rings (SSSR count). The maximum atomic E-state index is 12.1. The van der Waals surface area contributed by atoms with E-state index in [1.54, 1.807) is 24.1 Å². The highest BCUT2D eigenvalue weighted by molar-refractivity contribution is 6.30. The number of carbonyl (C=O) groups excluding carboxylic acids is 2. The van der Waals surface area contributed by atoms with Gasteiger partial charge in [-0.05, 0) is 31.0 Å². The minimum Gasteiger partial charge on any atom is -0.375 e. The Balaban J connectivity index is 1.85. The van der Waals surface area contributed by atoms with Gasteiger partial charge in [0.25, 0.3) is 0 Å². The van der Waals surface area contributed by atoms with Crippen LogP contribution in [0.1, 0.15) is 37.9 Å². The molecule has 1 N–H and O–H groups in total. The molecule has 0 spiro atoms. The van der Waals surface area contributed by atoms with Gasteiger partial charge in [0.05, 0.1) is 6.04 Å². The Labute approximate surface area is 141 Å². The summed E-state index contributed by atoms with van der Waals surface area (Å²) in [5, 5.41) is 3.61. The Kier molecular flexibility index (Phi) is 6.42. The van der Waals surface area contributed by atoms with Crippen molar-refractivity contribution in [2.75, 3.05) is 20.2 Å². The van der Waals surface area contributed by atoms with Crippen LogP contribution >= 0.6 is 11.6 Å². The fourth-order valence-corrected chi connectivity index (χ4v) is 2.99. The number of hydrogen-bond donors (Lipinski definition) is 1. The van der Waals surface area contributed by atoms with E-state index in [1.165, 1.54) is 0 Å². The lowest BCUT2D eigenvalue weighted by Crippen LogP contribution is -2.39. The Bertz CT molecular complexity index is 547. The lowest BCUT2D eigenvalue weighted by atomic mass is 10.0. The first-order valence-corrected chi connectivity index (χ1v) is 8.24. The summed E-state index contributed by atoms with van der Waals surface area (Å²) in [6.45, 7) is 3.14. The highest BCUT2D eigenvalue weighted by atomic mass is 35.5. The van der Waals surface area contributed by atoms with Crippen LogP contribution in [0.3, 0.4) is 0 Å². The first-order valence-electron chi connectivity index (χ1n) is 7.86. The fraction of sp³-hybridized carbons (Fsp3) is 0.529. The van der Waals surface area contributed by atoms with Crippen molar-refractivity contribution in [2.45, 2.75) is 38.3 Å². The summed E-state index contributed by atoms with van der Waals surface area (Å²) in [7, 11) is 1.62. The van der Waals surface area contributed by atoms with E-state index in [1.807, 2.05) is 19.1 Å². The molecule has 2 amide bonds. The second-order valence-corrected chi connectivity index (χ2v) is 6.23. The summed E-state index contributed by atoms with van der Waals surface area (Å²) >= 11 is 5.90. The molecule has 0 unspecified atom stereocenters. The van der Waals surface area contributed by atoms with Crippen molar-refractivity contribution < 1.29 is 14.3 Å². The summed E-state index contributed by atoms with van der Waals surface area (Å²) in [5.74, 6) is 0.0648. The number of likely N-dealkylation sites (tertiary alicyclic amines) is 1. The van der Waals surface area contributed by atoms with Crippen LogP contribution in [0, 0.1) is 0 Å². The molecule has 126 valence electrons. The van der Waals surface area contributed by atoms with Crippen molar-refractivity contribution in [3.8, 4) is 0 Å². The van der Waals surface area contributed by atoms with Gasteiger partial charge in [-0.1, -0.05) is 23.7 Å². The van der Waals surface area contributed by atoms with Crippen LogP contribution < -0.4 is 5.32 Å². The maximum Gasteiger partial charge on any atom is 0.222 e. The first kappa shape index (κ1) is 17.8. The van der Waals surface area contributed by atoms with Gasteiger partial charge in [0.1, 0.15) is 6.10 Å². The van der Waals surface area contributed by atoms with E-state index in [0.717, 1.165) is 18.5 Å². The molecular formula is C17H23ClN2O3. The molecule has 1 aromatic rings. The van der Waals surface area contributed by atoms with Crippen LogP contribution in [0.15, 0.2) is 24.3 Å². The number of carbonyl (C=O) groups is 2. The molecule has 2 atom stereocenters. The molecule has 0 aliphatic carbocycles. The third-order valence-electron chi connectivity index (χ3n) is 4.08. The molecule has 1 fully saturated rings. The topological polar surface area (TPSA) is 58.6 Å². The second kappa shape index (κ2) is 8.31. The first-order chi connectivity index (χ1) is 11.0. The Morgan fingerprint density at radius 1 is 1.39 bits per heavy atom. The molecule has 6 heteroatoms. The van der Waals surface area contributed by atoms with Gasteiger partial charge in [0, 0.05) is 38.1 Å². The molecule has 5 nitrogen and oxygen atoms in total. The quantitative estimate of drug-likeness (QED) is 0.831. The largest absolute Gasteiger partial charge is 0.375 e. The van der Waals surface area contributed by atoms with Crippen molar-refractivity contribution in [1.82, 2.24) is 10.2 Å². The molecule has 1 aromatic carbocycles. The van der Waals surface area contributed by atoms with Crippen LogP contribution in [0.25, 0.3) is 0 Å². The van der Waals surface area contributed by atoms with E-state index >= 15 is 0 Å². The highest BCUT2D eigenvalue weighted by Gasteiger charge is 2.23. The molecule has 0 aromatic heterocycles. The molecule has 23 heavy (non-hydrogen) atoms. The minimum absolute atomic E-state index is 0.0757. The maximum absolute atomic E-state index is 12.1. The normalized spacial score (nSPS) is 17.2. The van der Waals surface area contributed by atoms with E-state index in [4.69, 9.17) is 16.3 Å². The van der Waals surface area contributed by atoms with E-state index in [-0.39, 0.29) is 24.0 Å². The number of rotatable bonds is 7. The zero-order chi connectivity index (χ0) is 16.8. The lowest BCUT2D eigenvalue weighted by molar-refractivity contribution is -0.128. The second-order valence-electron chi connectivity index (χ2n) is 5.80. The predicted molar refractivity (Wildman–Crippen MR) is 89.2 cm³/mol. The summed E-state index contributed by atoms with van der Waals surface area (Å²) in [4.78, 5) is 25.4. The monoisotopic (exact) mass is 338 g/mol. The van der Waals surface area contributed by atoms with Gasteiger partial charge in [-0.15, -0.1) is 0 Å². The molecule has 0 radical (unpaired) electrons. The van der Waals surface area contributed by atoms with Gasteiger partial charge in [0.15, 0.2) is 0 Å². The molecular weight excluding hydrogens is 316 g/mol. The molecule has 1 saturated heterocycles. The summed E-state index contributed by atoms with van der Waals surface area (Å²) in [6.07, 6.45) is 1.55. The molecule has 0 saturated carbocycles. The van der Waals surface area contributed by atoms with Crippen LogP contribution in [-0.4, -0.2) is 43.0 Å². The van der Waals surface area contributed by atoms with Crippen molar-refractivity contribution in [3.05, 3.63) is 34.9 Å². The van der Waals surface area contributed by atoms with Crippen LogP contribution in [0.5, 0.6) is 0 Å². The summed E-state index contributed by atoms with van der Waals surface area (Å²) in [6, 6.07) is 7.21. The van der Waals surface area contributed by atoms with Gasteiger partial charge in [-0.3, -0.25) is 9.59 Å². The van der Waals surface area contributed by atoms with Crippen LogP contribution in [0.4, 0.5) is 0 Å². The van der Waals surface area contributed by atoms with Crippen molar-refractivity contribution in [1.29, 1.82) is 0 Å². The van der Waals surface area contributed by atoms with E-state index < -0.39 is 0 Å². The van der Waals surface area contributed by atoms with Crippen molar-refractivity contribution in [2.24, 2.45) is 0 Å². The number of nitrogens with zero attached hydrogens (tertiary/aromatic N) is 1. The third-order valence-corrected chi connectivity index (χ3v) is 4.33. The van der Waals surface area contributed by atoms with Crippen LogP contribution in [-0.2, 0) is 14.3 Å². The van der Waals surface area contributed by atoms with Gasteiger partial charge in [-0.2, -0.15) is 0 Å². The number of hydrogen-bond acceptors (Lipinski definition) is 3. The van der Waals surface area contributed by atoms with Crippen LogP contribution in [0.2, 0.25) is 5.02 Å². The van der Waals surface area contributed by atoms with E-state index in [0.29, 0.717) is 24.4 Å². The average Bonchev–Trinajstić information content (AvgIpc) is 2.93. The fourth-order valence-electron chi connectivity index (χ4n) is 2.86. The predicted octanol–water partition coefficient (Wildman–Crippen LogP) is 2.54. The summed E-state index contributed by atoms with van der Waals surface area (Å²) in [5.41, 5.74) is 0.958. The SMILES string of the molecule is CO[C@H](c1ccc(Cl)cc1)[C@H](C)NC(=O)CCN1CCCC1=O. The van der Waals surface area contributed by atoms with Gasteiger partial charge >= 0.3 is 0 Å². The van der Waals surface area contributed by atoms with E-state index in [9.17, 15) is 9.59 Å². The molecule has 1 aliphatic heterocycles. The molecule has 0 bridgehead atoms. The van der Waals surface area contributed by atoms with E-state index in [2.05, 4.69) is 5.32 Å². The lowest BCUT2D eigenvalue weighted by Gasteiger charge is -2.24.